The van der Waals surface area contributed by atoms with E-state index >= 15 is 0 Å². The Bertz CT molecular complexity index is 558. The van der Waals surface area contributed by atoms with Crippen molar-refractivity contribution in [3.63, 3.8) is 0 Å². The van der Waals surface area contributed by atoms with E-state index in [2.05, 4.69) is 20.0 Å². The molecule has 0 fully saturated rings. The summed E-state index contributed by atoms with van der Waals surface area (Å²) >= 11 is 5.74. The van der Waals surface area contributed by atoms with E-state index in [1.807, 2.05) is 0 Å². The van der Waals surface area contributed by atoms with Gasteiger partial charge in [-0.15, -0.1) is 0 Å². The number of carbonyl (C=O) groups excluding carboxylic acids is 1. The minimum absolute atomic E-state index is 0.360. The van der Waals surface area contributed by atoms with Crippen LogP contribution < -0.4 is 5.32 Å². The molecule has 0 aliphatic carbocycles. The average molecular weight is 264 g/mol. The molecule has 0 atom stereocenters. The lowest BCUT2D eigenvalue weighted by atomic mass is 10.2. The monoisotopic (exact) mass is 263 g/mol. The summed E-state index contributed by atoms with van der Waals surface area (Å²) < 4.78 is 4.61. The second kappa shape index (κ2) is 5.46. The Balaban J connectivity index is 2.13. The minimum Gasteiger partial charge on any atom is -0.465 e. The standard InChI is InChI=1S/C12H10ClN3O2/c1-18-11(17)8-2-4-9(5-3-8)15-12-14-7-6-10(13)16-12/h2-7H,1H3,(H,14,15,16). The quantitative estimate of drug-likeness (QED) is 0.681. The van der Waals surface area contributed by atoms with Crippen molar-refractivity contribution in [2.24, 2.45) is 0 Å². The number of nitrogens with one attached hydrogen (secondary N) is 1. The molecule has 0 radical (unpaired) electrons. The fourth-order valence-electron chi connectivity index (χ4n) is 1.33. The maximum absolute atomic E-state index is 11.2. The van der Waals surface area contributed by atoms with Gasteiger partial charge in [0.25, 0.3) is 0 Å². The van der Waals surface area contributed by atoms with Crippen molar-refractivity contribution in [1.82, 2.24) is 9.97 Å². The molecule has 1 heterocycles. The number of methoxy groups -OCH3 is 1. The first-order valence-corrected chi connectivity index (χ1v) is 5.51. The molecule has 2 rings (SSSR count). The smallest absolute Gasteiger partial charge is 0.337 e. The van der Waals surface area contributed by atoms with Crippen LogP contribution in [0.2, 0.25) is 5.15 Å². The highest BCUT2D eigenvalue weighted by Gasteiger charge is 2.04. The Morgan fingerprint density at radius 3 is 2.61 bits per heavy atom. The number of hydrogen-bond donors (Lipinski definition) is 1. The molecule has 18 heavy (non-hydrogen) atoms. The molecule has 0 saturated carbocycles. The summed E-state index contributed by atoms with van der Waals surface area (Å²) in [6.45, 7) is 0. The van der Waals surface area contributed by atoms with Crippen molar-refractivity contribution < 1.29 is 9.53 Å². The topological polar surface area (TPSA) is 64.1 Å². The molecule has 2 aromatic rings. The highest BCUT2D eigenvalue weighted by atomic mass is 35.5. The molecular formula is C12H10ClN3O2. The maximum Gasteiger partial charge on any atom is 0.337 e. The second-order valence-corrected chi connectivity index (χ2v) is 3.78. The van der Waals surface area contributed by atoms with E-state index in [1.54, 1.807) is 36.5 Å². The zero-order valence-corrected chi connectivity index (χ0v) is 10.3. The number of anilines is 2. The maximum atomic E-state index is 11.2. The van der Waals surface area contributed by atoms with Crippen LogP contribution in [0, 0.1) is 0 Å². The van der Waals surface area contributed by atoms with E-state index in [9.17, 15) is 4.79 Å². The van der Waals surface area contributed by atoms with E-state index < -0.39 is 0 Å². The summed E-state index contributed by atoms with van der Waals surface area (Å²) in [4.78, 5) is 19.2. The molecule has 0 amide bonds. The SMILES string of the molecule is COC(=O)c1ccc(Nc2nccc(Cl)n2)cc1. The summed E-state index contributed by atoms with van der Waals surface area (Å²) in [5, 5.41) is 3.33. The number of benzene rings is 1. The predicted octanol–water partition coefficient (Wildman–Crippen LogP) is 2.66. The third-order valence-electron chi connectivity index (χ3n) is 2.18. The Kier molecular flexibility index (Phi) is 3.74. The Morgan fingerprint density at radius 2 is 2.00 bits per heavy atom. The van der Waals surface area contributed by atoms with Gasteiger partial charge in [0.1, 0.15) is 5.15 Å². The molecule has 5 nitrogen and oxygen atoms in total. The van der Waals surface area contributed by atoms with Gasteiger partial charge in [-0.2, -0.15) is 0 Å². The third kappa shape index (κ3) is 2.95. The van der Waals surface area contributed by atoms with E-state index in [1.165, 1.54) is 7.11 Å². The lowest BCUT2D eigenvalue weighted by Crippen LogP contribution is -2.01. The number of halogens is 1. The van der Waals surface area contributed by atoms with Crippen molar-refractivity contribution in [2.45, 2.75) is 0 Å². The number of esters is 1. The highest BCUT2D eigenvalue weighted by Crippen LogP contribution is 2.15. The van der Waals surface area contributed by atoms with E-state index in [0.29, 0.717) is 16.7 Å². The number of ether oxygens (including phenoxy) is 1. The van der Waals surface area contributed by atoms with Crippen LogP contribution in [0.25, 0.3) is 0 Å². The number of aromatic nitrogens is 2. The van der Waals surface area contributed by atoms with Gasteiger partial charge in [0.2, 0.25) is 5.95 Å². The number of hydrogen-bond acceptors (Lipinski definition) is 5. The molecule has 0 bridgehead atoms. The van der Waals surface area contributed by atoms with Gasteiger partial charge in [0.15, 0.2) is 0 Å². The van der Waals surface area contributed by atoms with Crippen LogP contribution in [0.15, 0.2) is 36.5 Å². The predicted molar refractivity (Wildman–Crippen MR) is 68.1 cm³/mol. The first-order chi connectivity index (χ1) is 8.69. The fourth-order valence-corrected chi connectivity index (χ4v) is 1.47. The molecule has 0 spiro atoms. The lowest BCUT2D eigenvalue weighted by molar-refractivity contribution is 0.0601. The normalized spacial score (nSPS) is 9.89. The van der Waals surface area contributed by atoms with Crippen LogP contribution in [0.1, 0.15) is 10.4 Å². The Labute approximate surface area is 109 Å². The van der Waals surface area contributed by atoms with Crippen molar-refractivity contribution in [3.8, 4) is 0 Å². The van der Waals surface area contributed by atoms with Gasteiger partial charge in [-0.25, -0.2) is 14.8 Å². The van der Waals surface area contributed by atoms with Gasteiger partial charge in [-0.3, -0.25) is 0 Å². The molecule has 0 saturated heterocycles. The van der Waals surface area contributed by atoms with Gasteiger partial charge in [-0.1, -0.05) is 11.6 Å². The zero-order chi connectivity index (χ0) is 13.0. The van der Waals surface area contributed by atoms with Crippen molar-refractivity contribution in [3.05, 3.63) is 47.2 Å². The number of rotatable bonds is 3. The first kappa shape index (κ1) is 12.3. The lowest BCUT2D eigenvalue weighted by Gasteiger charge is -2.05. The zero-order valence-electron chi connectivity index (χ0n) is 9.55. The highest BCUT2D eigenvalue weighted by molar-refractivity contribution is 6.29. The van der Waals surface area contributed by atoms with E-state index in [0.717, 1.165) is 5.69 Å². The third-order valence-corrected chi connectivity index (χ3v) is 2.39. The van der Waals surface area contributed by atoms with Gasteiger partial charge in [0, 0.05) is 11.9 Å². The number of carbonyl (C=O) groups is 1. The van der Waals surface area contributed by atoms with Gasteiger partial charge < -0.3 is 10.1 Å². The molecule has 0 aliphatic rings. The minimum atomic E-state index is -0.374. The summed E-state index contributed by atoms with van der Waals surface area (Å²) in [5.41, 5.74) is 1.24. The van der Waals surface area contributed by atoms with Gasteiger partial charge >= 0.3 is 5.97 Å². The molecule has 1 aromatic carbocycles. The van der Waals surface area contributed by atoms with Crippen LogP contribution in [0.5, 0.6) is 0 Å². The summed E-state index contributed by atoms with van der Waals surface area (Å²) in [5.74, 6) is 0.0221. The van der Waals surface area contributed by atoms with Crippen molar-refractivity contribution in [2.75, 3.05) is 12.4 Å². The molecular weight excluding hydrogens is 254 g/mol. The second-order valence-electron chi connectivity index (χ2n) is 3.40. The Morgan fingerprint density at radius 1 is 1.28 bits per heavy atom. The van der Waals surface area contributed by atoms with Crippen molar-refractivity contribution >= 4 is 29.2 Å². The number of nitrogens with zero attached hydrogens (tertiary/aromatic N) is 2. The van der Waals surface area contributed by atoms with Crippen LogP contribution in [0.4, 0.5) is 11.6 Å². The molecule has 6 heteroatoms. The van der Waals surface area contributed by atoms with E-state index in [-0.39, 0.29) is 5.97 Å². The summed E-state index contributed by atoms with van der Waals surface area (Å²) in [6.07, 6.45) is 1.56. The molecule has 1 aromatic heterocycles. The molecule has 1 N–H and O–H groups in total. The fraction of sp³-hybridized carbons (Fsp3) is 0.0833. The molecule has 0 unspecified atom stereocenters. The van der Waals surface area contributed by atoms with Crippen molar-refractivity contribution in [1.29, 1.82) is 0 Å². The average Bonchev–Trinajstić information content (AvgIpc) is 2.39. The van der Waals surface area contributed by atoms with Crippen LogP contribution in [-0.2, 0) is 4.74 Å². The van der Waals surface area contributed by atoms with Crippen LogP contribution >= 0.6 is 11.6 Å². The largest absolute Gasteiger partial charge is 0.465 e. The molecule has 0 aliphatic heterocycles. The summed E-state index contributed by atoms with van der Waals surface area (Å²) in [7, 11) is 1.34. The van der Waals surface area contributed by atoms with Gasteiger partial charge in [0.05, 0.1) is 12.7 Å². The summed E-state index contributed by atoms with van der Waals surface area (Å²) in [6, 6.07) is 8.36. The van der Waals surface area contributed by atoms with Crippen LogP contribution in [0.3, 0.4) is 0 Å². The van der Waals surface area contributed by atoms with E-state index in [4.69, 9.17) is 11.6 Å². The Hall–Kier alpha value is -2.14. The molecule has 92 valence electrons. The first-order valence-electron chi connectivity index (χ1n) is 5.13. The van der Waals surface area contributed by atoms with Gasteiger partial charge in [-0.05, 0) is 30.3 Å². The van der Waals surface area contributed by atoms with Crippen LogP contribution in [-0.4, -0.2) is 23.0 Å².